The van der Waals surface area contributed by atoms with E-state index < -0.39 is 35.5 Å². The second-order valence-corrected chi connectivity index (χ2v) is 9.35. The second kappa shape index (κ2) is 9.47. The van der Waals surface area contributed by atoms with Crippen molar-refractivity contribution in [2.75, 3.05) is 23.7 Å². The predicted octanol–water partition coefficient (Wildman–Crippen LogP) is 2.20. The molecule has 38 heavy (non-hydrogen) atoms. The van der Waals surface area contributed by atoms with Crippen molar-refractivity contribution >= 4 is 22.8 Å². The lowest BCUT2D eigenvalue weighted by Crippen LogP contribution is -2.63. The Balaban J connectivity index is 1.64. The summed E-state index contributed by atoms with van der Waals surface area (Å²) in [6.07, 6.45) is -1.90. The van der Waals surface area contributed by atoms with Gasteiger partial charge in [0, 0.05) is 26.2 Å². The van der Waals surface area contributed by atoms with Crippen molar-refractivity contribution < 1.29 is 27.1 Å². The Bertz CT molecular complexity index is 1510. The third-order valence-corrected chi connectivity index (χ3v) is 6.88. The van der Waals surface area contributed by atoms with E-state index in [1.54, 1.807) is 16.5 Å². The van der Waals surface area contributed by atoms with E-state index in [1.807, 2.05) is 0 Å². The first-order chi connectivity index (χ1) is 18.0. The number of hydrogen-bond donors (Lipinski definition) is 3. The van der Waals surface area contributed by atoms with Crippen LogP contribution in [0.5, 0.6) is 0 Å². The van der Waals surface area contributed by atoms with Crippen molar-refractivity contribution in [1.82, 2.24) is 29.1 Å². The zero-order chi connectivity index (χ0) is 27.4. The van der Waals surface area contributed by atoms with Crippen LogP contribution >= 0.6 is 0 Å². The van der Waals surface area contributed by atoms with Gasteiger partial charge in [-0.25, -0.2) is 41.9 Å². The van der Waals surface area contributed by atoms with Gasteiger partial charge in [0.1, 0.15) is 29.6 Å². The Morgan fingerprint density at radius 3 is 2.58 bits per heavy atom. The Labute approximate surface area is 212 Å². The highest BCUT2D eigenvalue weighted by molar-refractivity contribution is 5.81. The first-order valence-corrected chi connectivity index (χ1v) is 11.6. The van der Waals surface area contributed by atoms with Crippen LogP contribution in [0.1, 0.15) is 18.5 Å². The summed E-state index contributed by atoms with van der Waals surface area (Å²) in [6, 6.07) is 1.12. The second-order valence-electron chi connectivity index (χ2n) is 9.35. The van der Waals surface area contributed by atoms with Crippen molar-refractivity contribution in [1.29, 1.82) is 0 Å². The molecule has 2 atom stereocenters. The molecule has 4 heterocycles. The number of rotatable bonds is 6. The number of benzene rings is 1. The maximum atomic E-state index is 14.8. The minimum Gasteiger partial charge on any atom is -0.385 e. The summed E-state index contributed by atoms with van der Waals surface area (Å²) >= 11 is 0. The van der Waals surface area contributed by atoms with Gasteiger partial charge < -0.3 is 30.6 Å². The Hall–Kier alpha value is -3.85. The third kappa shape index (κ3) is 4.30. The zero-order valence-electron chi connectivity index (χ0n) is 20.1. The average molecular weight is 537 g/mol. The molecule has 0 bridgehead atoms. The maximum absolute atomic E-state index is 14.8. The quantitative estimate of drug-likeness (QED) is 0.252. The van der Waals surface area contributed by atoms with Gasteiger partial charge in [-0.1, -0.05) is 0 Å². The van der Waals surface area contributed by atoms with Crippen LogP contribution in [0.3, 0.4) is 0 Å². The van der Waals surface area contributed by atoms with E-state index in [9.17, 15) is 27.1 Å². The molecular formula is C23H24F5N9O. The summed E-state index contributed by atoms with van der Waals surface area (Å²) in [6.45, 7) is 0.225. The number of fused-ring (bicyclic) bond motifs is 1. The normalized spacial score (nSPS) is 19.0. The summed E-state index contributed by atoms with van der Waals surface area (Å²) in [5, 5.41) is 10.1. The van der Waals surface area contributed by atoms with Crippen molar-refractivity contribution in [3.8, 4) is 11.4 Å². The van der Waals surface area contributed by atoms with Crippen molar-refractivity contribution in [3.63, 3.8) is 0 Å². The lowest BCUT2D eigenvalue weighted by Gasteiger charge is -2.43. The summed E-state index contributed by atoms with van der Waals surface area (Å²) in [5.41, 5.74) is 11.3. The molecular weight excluding hydrogens is 513 g/mol. The molecule has 202 valence electrons. The molecule has 0 spiro atoms. The van der Waals surface area contributed by atoms with Crippen molar-refractivity contribution in [2.24, 2.45) is 12.8 Å². The number of aliphatic hydroxyl groups is 1. The highest BCUT2D eigenvalue weighted by Gasteiger charge is 2.44. The van der Waals surface area contributed by atoms with Gasteiger partial charge in [-0.05, 0) is 18.9 Å². The molecule has 1 fully saturated rings. The van der Waals surface area contributed by atoms with Crippen LogP contribution < -0.4 is 16.4 Å². The SMILES string of the molecule is Cn1c(-c2cc(F)c(F)cc2F)nc(N2CCC[C@](N)([C@H](O)C(F)F)C2)c1Cn1cnc2c(N)ncnc21. The molecule has 15 heteroatoms. The number of nitrogen functional groups attached to an aromatic ring is 1. The monoisotopic (exact) mass is 537 g/mol. The predicted molar refractivity (Wildman–Crippen MR) is 128 cm³/mol. The molecule has 3 aromatic heterocycles. The molecule has 0 amide bonds. The molecule has 10 nitrogen and oxygen atoms in total. The minimum atomic E-state index is -3.06. The summed E-state index contributed by atoms with van der Waals surface area (Å²) in [7, 11) is 1.55. The Morgan fingerprint density at radius 2 is 1.84 bits per heavy atom. The van der Waals surface area contributed by atoms with Gasteiger partial charge in [0.2, 0.25) is 0 Å². The van der Waals surface area contributed by atoms with Gasteiger partial charge in [-0.2, -0.15) is 0 Å². The van der Waals surface area contributed by atoms with Crippen LogP contribution in [-0.4, -0.2) is 65.3 Å². The molecule has 0 radical (unpaired) electrons. The molecule has 5 N–H and O–H groups in total. The molecule has 4 aromatic rings. The van der Waals surface area contributed by atoms with Crippen LogP contribution in [0.4, 0.5) is 33.6 Å². The summed E-state index contributed by atoms with van der Waals surface area (Å²) in [4.78, 5) is 18.5. The number of hydrogen-bond acceptors (Lipinski definition) is 8. The minimum absolute atomic E-state index is 0.0347. The van der Waals surface area contributed by atoms with Crippen LogP contribution in [-0.2, 0) is 13.6 Å². The highest BCUT2D eigenvalue weighted by Crippen LogP contribution is 2.35. The van der Waals surface area contributed by atoms with E-state index in [0.717, 1.165) is 0 Å². The smallest absolute Gasteiger partial charge is 0.265 e. The molecule has 1 aromatic carbocycles. The van der Waals surface area contributed by atoms with Crippen LogP contribution in [0.25, 0.3) is 22.6 Å². The fourth-order valence-corrected chi connectivity index (χ4v) is 4.84. The van der Waals surface area contributed by atoms with E-state index >= 15 is 0 Å². The first kappa shape index (κ1) is 25.8. The molecule has 0 aliphatic carbocycles. The number of aromatic nitrogens is 6. The van der Waals surface area contributed by atoms with Gasteiger partial charge in [-0.15, -0.1) is 0 Å². The number of imidazole rings is 2. The number of anilines is 2. The maximum Gasteiger partial charge on any atom is 0.265 e. The molecule has 0 saturated carbocycles. The number of piperidine rings is 1. The van der Waals surface area contributed by atoms with Crippen LogP contribution in [0.15, 0.2) is 24.8 Å². The molecule has 1 saturated heterocycles. The zero-order valence-corrected chi connectivity index (χ0v) is 20.1. The fourth-order valence-electron chi connectivity index (χ4n) is 4.84. The van der Waals surface area contributed by atoms with Crippen molar-refractivity contribution in [3.05, 3.63) is 47.9 Å². The number of alkyl halides is 2. The van der Waals surface area contributed by atoms with Gasteiger partial charge >= 0.3 is 0 Å². The van der Waals surface area contributed by atoms with Gasteiger partial charge in [0.05, 0.1) is 29.7 Å². The van der Waals surface area contributed by atoms with E-state index in [0.29, 0.717) is 42.0 Å². The summed E-state index contributed by atoms with van der Waals surface area (Å²) in [5.74, 6) is -3.29. The fraction of sp³-hybridized carbons (Fsp3) is 0.391. The summed E-state index contributed by atoms with van der Waals surface area (Å²) < 4.78 is 72.4. The highest BCUT2D eigenvalue weighted by atomic mass is 19.3. The number of aliphatic hydroxyl groups excluding tert-OH is 1. The largest absolute Gasteiger partial charge is 0.385 e. The topological polar surface area (TPSA) is 137 Å². The lowest BCUT2D eigenvalue weighted by atomic mass is 9.84. The van der Waals surface area contributed by atoms with Crippen LogP contribution in [0, 0.1) is 17.5 Å². The number of halogens is 5. The van der Waals surface area contributed by atoms with Crippen molar-refractivity contribution in [2.45, 2.75) is 37.5 Å². The molecule has 0 unspecified atom stereocenters. The lowest BCUT2D eigenvalue weighted by molar-refractivity contribution is -0.0529. The molecule has 5 rings (SSSR count). The van der Waals surface area contributed by atoms with E-state index in [-0.39, 0.29) is 42.5 Å². The standard InChI is InChI=1S/C23H24F5N9O/c1-35-15(7-37-10-33-16-19(29)31-9-32-22(16)37)21(34-20(35)11-5-13(25)14(26)6-12(11)24)36-4-2-3-23(30,8-36)17(38)18(27)28/h5-6,9-10,17-18,38H,2-4,7-8,30H2,1H3,(H2,29,31,32)/t17-,23-/m1/s1. The third-order valence-electron chi connectivity index (χ3n) is 6.88. The van der Waals surface area contributed by atoms with Crippen LogP contribution in [0.2, 0.25) is 0 Å². The number of nitrogens with two attached hydrogens (primary N) is 2. The molecule has 1 aliphatic rings. The molecule has 1 aliphatic heterocycles. The average Bonchev–Trinajstić information content (AvgIpc) is 3.43. The van der Waals surface area contributed by atoms with E-state index in [2.05, 4.69) is 19.9 Å². The Kier molecular flexibility index (Phi) is 6.43. The van der Waals surface area contributed by atoms with E-state index in [1.165, 1.54) is 17.2 Å². The van der Waals surface area contributed by atoms with Gasteiger partial charge in [0.25, 0.3) is 6.43 Å². The Morgan fingerprint density at radius 1 is 1.11 bits per heavy atom. The van der Waals surface area contributed by atoms with Gasteiger partial charge in [-0.3, -0.25) is 0 Å². The number of nitrogens with zero attached hydrogens (tertiary/aromatic N) is 7. The first-order valence-electron chi connectivity index (χ1n) is 11.6. The van der Waals surface area contributed by atoms with Gasteiger partial charge in [0.15, 0.2) is 28.9 Å². The van der Waals surface area contributed by atoms with E-state index in [4.69, 9.17) is 11.5 Å².